The molecule has 2 aromatic carbocycles. The van der Waals surface area contributed by atoms with E-state index in [1.807, 2.05) is 12.1 Å². The molecule has 13 heteroatoms. The van der Waals surface area contributed by atoms with Crippen LogP contribution < -0.4 is 25.3 Å². The van der Waals surface area contributed by atoms with E-state index in [0.29, 0.717) is 53.4 Å². The zero-order chi connectivity index (χ0) is 33.1. The van der Waals surface area contributed by atoms with E-state index in [-0.39, 0.29) is 18.1 Å². The zero-order valence-corrected chi connectivity index (χ0v) is 26.9. The van der Waals surface area contributed by atoms with Gasteiger partial charge in [0.05, 0.1) is 49.0 Å². The highest BCUT2D eigenvalue weighted by molar-refractivity contribution is 6.02. The summed E-state index contributed by atoms with van der Waals surface area (Å²) < 4.78 is 39.8. The fourth-order valence-corrected chi connectivity index (χ4v) is 6.81. The smallest absolute Gasteiger partial charge is 0.247 e. The third-order valence-corrected chi connectivity index (χ3v) is 8.85. The second-order valence-electron chi connectivity index (χ2n) is 12.2. The molecule has 0 aliphatic carbocycles. The number of halogens is 2. The van der Waals surface area contributed by atoms with Crippen molar-refractivity contribution in [1.29, 1.82) is 0 Å². The summed E-state index contributed by atoms with van der Waals surface area (Å²) in [5.74, 6) is -0.243. The van der Waals surface area contributed by atoms with Crippen molar-refractivity contribution in [2.45, 2.75) is 57.4 Å². The monoisotopic (exact) mass is 649 g/mol. The number of carbonyl (C=O) groups excluding carboxylic acids is 1. The van der Waals surface area contributed by atoms with Crippen LogP contribution in [0.5, 0.6) is 5.75 Å². The summed E-state index contributed by atoms with van der Waals surface area (Å²) >= 11 is 0. The van der Waals surface area contributed by atoms with Gasteiger partial charge in [0.15, 0.2) is 5.82 Å². The van der Waals surface area contributed by atoms with Crippen molar-refractivity contribution < 1.29 is 27.9 Å². The third kappa shape index (κ3) is 7.47. The lowest BCUT2D eigenvalue weighted by atomic mass is 10.00. The summed E-state index contributed by atoms with van der Waals surface area (Å²) in [6.07, 6.45) is 5.56. The maximum Gasteiger partial charge on any atom is 0.247 e. The number of aromatic nitrogens is 2. The summed E-state index contributed by atoms with van der Waals surface area (Å²) in [6, 6.07) is 8.90. The first kappa shape index (κ1) is 32.6. The van der Waals surface area contributed by atoms with Gasteiger partial charge >= 0.3 is 0 Å². The van der Waals surface area contributed by atoms with Gasteiger partial charge in [0.1, 0.15) is 29.5 Å². The minimum atomic E-state index is -0.655. The zero-order valence-electron chi connectivity index (χ0n) is 26.9. The molecule has 2 N–H and O–H groups in total. The Hall–Kier alpha value is -4.33. The van der Waals surface area contributed by atoms with Crippen LogP contribution in [0.25, 0.3) is 0 Å². The van der Waals surface area contributed by atoms with Gasteiger partial charge in [0.2, 0.25) is 5.91 Å². The standard InChI is InChI=1S/C34H41F2N7O4/c1-5-34(44)40-27-15-28(31(45-4)16-30(27)41-9-6-26(7-10-41)42-18-21(2)47-22(3)19-42)39-32-17-33(38-20-37-32)43-29(8-11-46-43)23-12-24(35)14-25(36)13-23/h5,12-17,20-22,26,29H,1,6-11,18-19H2,2-4H3,(H,40,44)(H,37,38,39)/t21-,22-,29?/m0/s1. The first-order valence-corrected chi connectivity index (χ1v) is 16.0. The quantitative estimate of drug-likeness (QED) is 0.285. The van der Waals surface area contributed by atoms with Crippen LogP contribution in [-0.4, -0.2) is 78.9 Å². The SMILES string of the molecule is C=CC(=O)Nc1cc(Nc2cc(N3OCCC3c3cc(F)cc(F)c3)ncn2)c(OC)cc1N1CCC(N2C[C@H](C)O[C@@H](C)C2)CC1. The minimum Gasteiger partial charge on any atom is -0.494 e. The molecule has 6 rings (SSSR count). The summed E-state index contributed by atoms with van der Waals surface area (Å²) in [6.45, 7) is 11.7. The minimum absolute atomic E-state index is 0.218. The molecular weight excluding hydrogens is 608 g/mol. The average Bonchev–Trinajstić information content (AvgIpc) is 3.55. The summed E-state index contributed by atoms with van der Waals surface area (Å²) in [5, 5.41) is 7.80. The number of morpholine rings is 1. The number of rotatable bonds is 9. The molecule has 1 aromatic heterocycles. The first-order chi connectivity index (χ1) is 22.7. The summed E-state index contributed by atoms with van der Waals surface area (Å²) in [7, 11) is 1.59. The first-order valence-electron chi connectivity index (χ1n) is 16.0. The highest BCUT2D eigenvalue weighted by Crippen LogP contribution is 2.41. The Bertz CT molecular complexity index is 1570. The number of piperidine rings is 1. The topological polar surface area (TPSA) is 104 Å². The van der Waals surface area contributed by atoms with Crippen LogP contribution in [0.1, 0.15) is 44.7 Å². The summed E-state index contributed by atoms with van der Waals surface area (Å²) in [5.41, 5.74) is 2.48. The average molecular weight is 650 g/mol. The molecule has 47 heavy (non-hydrogen) atoms. The molecule has 3 atom stereocenters. The fraction of sp³-hybridized carbons (Fsp3) is 0.441. The molecule has 0 bridgehead atoms. The number of anilines is 5. The van der Waals surface area contributed by atoms with Crippen molar-refractivity contribution in [3.05, 3.63) is 72.6 Å². The maximum absolute atomic E-state index is 14.0. The molecule has 0 spiro atoms. The number of nitrogens with zero attached hydrogens (tertiary/aromatic N) is 5. The number of amides is 1. The number of hydroxylamine groups is 1. The number of nitrogens with one attached hydrogen (secondary N) is 2. The van der Waals surface area contributed by atoms with Crippen LogP contribution >= 0.6 is 0 Å². The lowest BCUT2D eigenvalue weighted by Crippen LogP contribution is -2.53. The fourth-order valence-electron chi connectivity index (χ4n) is 6.81. The van der Waals surface area contributed by atoms with Gasteiger partial charge in [0, 0.05) is 56.8 Å². The number of carbonyl (C=O) groups is 1. The van der Waals surface area contributed by atoms with E-state index in [9.17, 15) is 13.6 Å². The van der Waals surface area contributed by atoms with E-state index in [0.717, 1.165) is 50.8 Å². The van der Waals surface area contributed by atoms with Gasteiger partial charge in [-0.3, -0.25) is 14.5 Å². The Morgan fingerprint density at radius 2 is 1.72 bits per heavy atom. The van der Waals surface area contributed by atoms with Crippen molar-refractivity contribution in [3.8, 4) is 5.75 Å². The van der Waals surface area contributed by atoms with Gasteiger partial charge < -0.3 is 25.0 Å². The molecular formula is C34H41F2N7O4. The Labute approximate surface area is 273 Å². The van der Waals surface area contributed by atoms with E-state index in [1.54, 1.807) is 18.2 Å². The lowest BCUT2D eigenvalue weighted by Gasteiger charge is -2.44. The molecule has 1 amide bonds. The van der Waals surface area contributed by atoms with E-state index in [2.05, 4.69) is 50.8 Å². The van der Waals surface area contributed by atoms with Crippen molar-refractivity contribution in [2.24, 2.45) is 0 Å². The molecule has 11 nitrogen and oxygen atoms in total. The molecule has 0 radical (unpaired) electrons. The number of hydrogen-bond donors (Lipinski definition) is 2. The molecule has 3 fully saturated rings. The van der Waals surface area contributed by atoms with E-state index >= 15 is 0 Å². The van der Waals surface area contributed by atoms with Crippen LogP contribution in [0.2, 0.25) is 0 Å². The highest BCUT2D eigenvalue weighted by atomic mass is 19.1. The number of benzene rings is 2. The maximum atomic E-state index is 14.0. The van der Waals surface area contributed by atoms with Gasteiger partial charge in [-0.15, -0.1) is 0 Å². The van der Waals surface area contributed by atoms with Crippen molar-refractivity contribution in [3.63, 3.8) is 0 Å². The number of ether oxygens (including phenoxy) is 2. The largest absolute Gasteiger partial charge is 0.494 e. The van der Waals surface area contributed by atoms with Crippen LogP contribution in [0.15, 0.2) is 55.4 Å². The predicted octanol–water partition coefficient (Wildman–Crippen LogP) is 5.59. The molecule has 1 unspecified atom stereocenters. The molecule has 3 aliphatic rings. The van der Waals surface area contributed by atoms with Gasteiger partial charge in [-0.2, -0.15) is 0 Å². The van der Waals surface area contributed by atoms with E-state index < -0.39 is 17.7 Å². The predicted molar refractivity (Wildman–Crippen MR) is 176 cm³/mol. The van der Waals surface area contributed by atoms with Gasteiger partial charge in [-0.1, -0.05) is 6.58 Å². The molecule has 250 valence electrons. The van der Waals surface area contributed by atoms with E-state index in [4.69, 9.17) is 14.3 Å². The highest BCUT2D eigenvalue weighted by Gasteiger charge is 2.32. The van der Waals surface area contributed by atoms with E-state index in [1.165, 1.54) is 24.5 Å². The molecule has 0 saturated carbocycles. The summed E-state index contributed by atoms with van der Waals surface area (Å²) in [4.78, 5) is 31.9. The Morgan fingerprint density at radius 3 is 2.40 bits per heavy atom. The Kier molecular flexibility index (Phi) is 9.85. The molecule has 3 saturated heterocycles. The second-order valence-corrected chi connectivity index (χ2v) is 12.2. The van der Waals surface area contributed by atoms with Crippen LogP contribution in [-0.2, 0) is 14.4 Å². The Balaban J connectivity index is 1.23. The van der Waals surface area contributed by atoms with Gasteiger partial charge in [-0.05, 0) is 56.5 Å². The number of methoxy groups -OCH3 is 1. The van der Waals surface area contributed by atoms with Crippen LogP contribution in [0.3, 0.4) is 0 Å². The third-order valence-electron chi connectivity index (χ3n) is 8.85. The lowest BCUT2D eigenvalue weighted by molar-refractivity contribution is -0.111. The second kappa shape index (κ2) is 14.2. The number of hydrogen-bond acceptors (Lipinski definition) is 10. The molecule has 4 heterocycles. The van der Waals surface area contributed by atoms with Gasteiger partial charge in [-0.25, -0.2) is 23.8 Å². The van der Waals surface area contributed by atoms with Crippen LogP contribution in [0.4, 0.5) is 37.5 Å². The normalized spacial score (nSPS) is 22.3. The van der Waals surface area contributed by atoms with Crippen molar-refractivity contribution in [2.75, 3.05) is 60.5 Å². The molecule has 3 aromatic rings. The van der Waals surface area contributed by atoms with Gasteiger partial charge in [0.25, 0.3) is 0 Å². The Morgan fingerprint density at radius 1 is 1.00 bits per heavy atom. The van der Waals surface area contributed by atoms with Crippen LogP contribution in [0, 0.1) is 11.6 Å². The van der Waals surface area contributed by atoms with Crippen molar-refractivity contribution >= 4 is 34.6 Å². The molecule has 3 aliphatic heterocycles. The van der Waals surface area contributed by atoms with Crippen molar-refractivity contribution in [1.82, 2.24) is 14.9 Å².